The Morgan fingerprint density at radius 2 is 1.69 bits per heavy atom. The third kappa shape index (κ3) is 4.86. The van der Waals surface area contributed by atoms with E-state index in [0.717, 1.165) is 37.9 Å². The second-order valence-electron chi connectivity index (χ2n) is 8.45. The Kier molecular flexibility index (Phi) is 5.91. The van der Waals surface area contributed by atoms with Crippen LogP contribution in [0.3, 0.4) is 0 Å². The minimum atomic E-state index is 0.145. The van der Waals surface area contributed by atoms with Gasteiger partial charge in [-0.05, 0) is 63.6 Å². The summed E-state index contributed by atoms with van der Waals surface area (Å²) in [5, 5.41) is 7.11. The van der Waals surface area contributed by atoms with E-state index in [0.29, 0.717) is 0 Å². The van der Waals surface area contributed by atoms with E-state index in [2.05, 4.69) is 39.8 Å². The van der Waals surface area contributed by atoms with Crippen molar-refractivity contribution in [3.63, 3.8) is 0 Å². The maximum Gasteiger partial charge on any atom is 0.223 e. The molecule has 2 saturated carbocycles. The molecule has 4 heteroatoms. The van der Waals surface area contributed by atoms with Gasteiger partial charge >= 0.3 is 0 Å². The van der Waals surface area contributed by atoms with Gasteiger partial charge in [-0.25, -0.2) is 0 Å². The number of benzene rings is 1. The molecule has 3 aliphatic rings. The molecular weight excluding hydrogens is 322 g/mol. The summed E-state index contributed by atoms with van der Waals surface area (Å²) < 4.78 is 0. The number of hydrogen-bond acceptors (Lipinski definition) is 3. The molecule has 0 spiro atoms. The van der Waals surface area contributed by atoms with Crippen molar-refractivity contribution in [2.45, 2.75) is 69.5 Å². The zero-order chi connectivity index (χ0) is 17.8. The Balaban J connectivity index is 1.27. The van der Waals surface area contributed by atoms with Crippen LogP contribution in [0.15, 0.2) is 30.3 Å². The van der Waals surface area contributed by atoms with Gasteiger partial charge in [-0.3, -0.25) is 4.79 Å². The first kappa shape index (κ1) is 18.0. The number of amides is 1. The van der Waals surface area contributed by atoms with Crippen molar-refractivity contribution in [1.82, 2.24) is 15.5 Å². The molecule has 1 heterocycles. The molecular formula is C22H33N3O. The molecule has 1 aromatic carbocycles. The molecule has 4 nitrogen and oxygen atoms in total. The summed E-state index contributed by atoms with van der Waals surface area (Å²) in [5.41, 5.74) is 1.24. The van der Waals surface area contributed by atoms with Gasteiger partial charge in [0.15, 0.2) is 0 Å². The largest absolute Gasteiger partial charge is 0.349 e. The molecule has 0 bridgehead atoms. The Morgan fingerprint density at radius 1 is 1.00 bits per heavy atom. The fourth-order valence-electron chi connectivity index (χ4n) is 4.19. The molecule has 2 aliphatic carbocycles. The Labute approximate surface area is 157 Å². The quantitative estimate of drug-likeness (QED) is 0.752. The molecule has 1 unspecified atom stereocenters. The minimum Gasteiger partial charge on any atom is -0.349 e. The van der Waals surface area contributed by atoms with E-state index < -0.39 is 0 Å². The van der Waals surface area contributed by atoms with Gasteiger partial charge in [0.05, 0.1) is 6.04 Å². The first-order valence-corrected chi connectivity index (χ1v) is 10.6. The lowest BCUT2D eigenvalue weighted by atomic mass is 9.84. The van der Waals surface area contributed by atoms with Gasteiger partial charge in [0, 0.05) is 24.5 Å². The third-order valence-electron chi connectivity index (χ3n) is 6.36. The Morgan fingerprint density at radius 3 is 2.31 bits per heavy atom. The van der Waals surface area contributed by atoms with E-state index in [-0.39, 0.29) is 17.9 Å². The number of rotatable bonds is 8. The molecule has 1 atom stereocenters. The molecule has 1 aliphatic heterocycles. The predicted octanol–water partition coefficient (Wildman–Crippen LogP) is 3.25. The standard InChI is InChI=1S/C22H33N3O/c26-22(18-7-4-8-18)24-21(17-5-2-1-3-6-17)13-16-25-14-11-20(12-15-25)23-19-9-10-19/h1-3,5-6,18-21,23H,4,7-16H2,(H,24,26). The molecule has 26 heavy (non-hydrogen) atoms. The van der Waals surface area contributed by atoms with Crippen LogP contribution in [0.1, 0.15) is 63.0 Å². The topological polar surface area (TPSA) is 44.4 Å². The van der Waals surface area contributed by atoms with Crippen LogP contribution >= 0.6 is 0 Å². The van der Waals surface area contributed by atoms with Crippen molar-refractivity contribution in [3.05, 3.63) is 35.9 Å². The first-order valence-electron chi connectivity index (χ1n) is 10.6. The Hall–Kier alpha value is -1.39. The van der Waals surface area contributed by atoms with Gasteiger partial charge in [-0.2, -0.15) is 0 Å². The van der Waals surface area contributed by atoms with E-state index >= 15 is 0 Å². The molecule has 142 valence electrons. The number of carbonyl (C=O) groups excluding carboxylic acids is 1. The molecule has 0 radical (unpaired) electrons. The van der Waals surface area contributed by atoms with Gasteiger partial charge in [0.25, 0.3) is 0 Å². The predicted molar refractivity (Wildman–Crippen MR) is 105 cm³/mol. The lowest BCUT2D eigenvalue weighted by Crippen LogP contribution is -2.44. The van der Waals surface area contributed by atoms with Crippen LogP contribution in [0.2, 0.25) is 0 Å². The van der Waals surface area contributed by atoms with E-state index in [1.807, 2.05) is 6.07 Å². The lowest BCUT2D eigenvalue weighted by Gasteiger charge is -2.34. The fraction of sp³-hybridized carbons (Fsp3) is 0.682. The highest BCUT2D eigenvalue weighted by Crippen LogP contribution is 2.28. The zero-order valence-corrected chi connectivity index (χ0v) is 15.8. The van der Waals surface area contributed by atoms with E-state index in [4.69, 9.17) is 0 Å². The average molecular weight is 356 g/mol. The van der Waals surface area contributed by atoms with E-state index in [1.54, 1.807) is 0 Å². The molecule has 1 saturated heterocycles. The highest BCUT2D eigenvalue weighted by Gasteiger charge is 2.29. The lowest BCUT2D eigenvalue weighted by molar-refractivity contribution is -0.128. The van der Waals surface area contributed by atoms with Gasteiger partial charge in [0.1, 0.15) is 0 Å². The van der Waals surface area contributed by atoms with Crippen molar-refractivity contribution >= 4 is 5.91 Å². The SMILES string of the molecule is O=C(NC(CCN1CCC(NC2CC2)CC1)c1ccccc1)C1CCC1. The maximum absolute atomic E-state index is 12.5. The summed E-state index contributed by atoms with van der Waals surface area (Å²) in [5.74, 6) is 0.517. The number of piperidine rings is 1. The molecule has 1 aromatic rings. The van der Waals surface area contributed by atoms with Crippen molar-refractivity contribution in [3.8, 4) is 0 Å². The van der Waals surface area contributed by atoms with Crippen molar-refractivity contribution in [1.29, 1.82) is 0 Å². The summed E-state index contributed by atoms with van der Waals surface area (Å²) in [7, 11) is 0. The van der Waals surface area contributed by atoms with Gasteiger partial charge in [0.2, 0.25) is 5.91 Å². The minimum absolute atomic E-state index is 0.145. The highest BCUT2D eigenvalue weighted by atomic mass is 16.2. The summed E-state index contributed by atoms with van der Waals surface area (Å²) in [6.07, 6.45) is 9.62. The summed E-state index contributed by atoms with van der Waals surface area (Å²) in [6, 6.07) is 12.2. The smallest absolute Gasteiger partial charge is 0.223 e. The van der Waals surface area contributed by atoms with Crippen LogP contribution in [0.5, 0.6) is 0 Å². The molecule has 3 fully saturated rings. The van der Waals surface area contributed by atoms with Crippen LogP contribution in [0.4, 0.5) is 0 Å². The first-order chi connectivity index (χ1) is 12.8. The highest BCUT2D eigenvalue weighted by molar-refractivity contribution is 5.79. The normalized spacial score (nSPS) is 23.4. The van der Waals surface area contributed by atoms with Crippen molar-refractivity contribution < 1.29 is 4.79 Å². The van der Waals surface area contributed by atoms with Gasteiger partial charge in [-0.15, -0.1) is 0 Å². The number of nitrogens with one attached hydrogen (secondary N) is 2. The number of nitrogens with zero attached hydrogens (tertiary/aromatic N) is 1. The second-order valence-corrected chi connectivity index (χ2v) is 8.45. The van der Waals surface area contributed by atoms with Crippen LogP contribution < -0.4 is 10.6 Å². The summed E-state index contributed by atoms with van der Waals surface area (Å²) >= 11 is 0. The second kappa shape index (κ2) is 8.53. The molecule has 4 rings (SSSR count). The summed E-state index contributed by atoms with van der Waals surface area (Å²) in [6.45, 7) is 3.44. The number of likely N-dealkylation sites (tertiary alicyclic amines) is 1. The number of carbonyl (C=O) groups is 1. The van der Waals surface area contributed by atoms with Gasteiger partial charge in [-0.1, -0.05) is 36.8 Å². The van der Waals surface area contributed by atoms with Crippen molar-refractivity contribution in [2.75, 3.05) is 19.6 Å². The van der Waals surface area contributed by atoms with E-state index in [1.165, 1.54) is 50.8 Å². The third-order valence-corrected chi connectivity index (χ3v) is 6.36. The molecule has 1 amide bonds. The molecule has 0 aromatic heterocycles. The van der Waals surface area contributed by atoms with Crippen molar-refractivity contribution in [2.24, 2.45) is 5.92 Å². The van der Waals surface area contributed by atoms with Crippen LogP contribution in [-0.4, -0.2) is 42.5 Å². The van der Waals surface area contributed by atoms with E-state index in [9.17, 15) is 4.79 Å². The monoisotopic (exact) mass is 355 g/mol. The summed E-state index contributed by atoms with van der Waals surface area (Å²) in [4.78, 5) is 15.1. The van der Waals surface area contributed by atoms with Crippen LogP contribution in [-0.2, 0) is 4.79 Å². The number of hydrogen-bond donors (Lipinski definition) is 2. The van der Waals surface area contributed by atoms with Gasteiger partial charge < -0.3 is 15.5 Å². The van der Waals surface area contributed by atoms with Crippen LogP contribution in [0.25, 0.3) is 0 Å². The van der Waals surface area contributed by atoms with Crippen LogP contribution in [0, 0.1) is 5.92 Å². The molecule has 2 N–H and O–H groups in total. The average Bonchev–Trinajstić information content (AvgIpc) is 3.43. The zero-order valence-electron chi connectivity index (χ0n) is 15.8. The fourth-order valence-corrected chi connectivity index (χ4v) is 4.19. The Bertz CT molecular complexity index is 574. The maximum atomic E-state index is 12.5.